The van der Waals surface area contributed by atoms with Gasteiger partial charge in [0.2, 0.25) is 0 Å². The zero-order valence-electron chi connectivity index (χ0n) is 8.52. The van der Waals surface area contributed by atoms with E-state index in [0.29, 0.717) is 0 Å². The van der Waals surface area contributed by atoms with Crippen LogP contribution in [0, 0.1) is 0 Å². The molecule has 0 spiro atoms. The van der Waals surface area contributed by atoms with Crippen molar-refractivity contribution in [2.75, 3.05) is 0 Å². The third-order valence-electron chi connectivity index (χ3n) is 2.17. The van der Waals surface area contributed by atoms with Crippen LogP contribution in [-0.4, -0.2) is 15.0 Å². The van der Waals surface area contributed by atoms with E-state index in [9.17, 15) is 4.10 Å². The summed E-state index contributed by atoms with van der Waals surface area (Å²) in [4.78, 5) is 0. The number of rotatable bonds is 6. The summed E-state index contributed by atoms with van der Waals surface area (Å²) in [5.41, 5.74) is 0. The van der Waals surface area contributed by atoms with E-state index in [1.807, 2.05) is 0 Å². The van der Waals surface area contributed by atoms with Crippen molar-refractivity contribution in [3.05, 3.63) is 0 Å². The molecule has 0 radical (unpaired) electrons. The van der Waals surface area contributed by atoms with Crippen molar-refractivity contribution in [1.82, 2.24) is 0 Å². The molecule has 1 nitrogen and oxygen atoms in total. The van der Waals surface area contributed by atoms with Gasteiger partial charge in [0.15, 0.2) is 0 Å². The summed E-state index contributed by atoms with van der Waals surface area (Å²) in [7, 11) is -2.94. The number of halogens is 1. The standard InChI is InChI=1S/C9H22AsBrO/c1-4-7-10(11,12,8-5-2)9-6-3/h12H,4-9H2,1-3H3. The fourth-order valence-corrected chi connectivity index (χ4v) is 15.1. The van der Waals surface area contributed by atoms with Crippen LogP contribution in [-0.2, 0) is 0 Å². The van der Waals surface area contributed by atoms with Crippen LogP contribution >= 0.6 is 13.9 Å². The minimum absolute atomic E-state index is 1.03. The van der Waals surface area contributed by atoms with Crippen LogP contribution in [0.1, 0.15) is 40.0 Å². The van der Waals surface area contributed by atoms with E-state index < -0.39 is 10.9 Å². The molecule has 0 unspecified atom stereocenters. The topological polar surface area (TPSA) is 20.2 Å². The molecule has 0 saturated carbocycles. The molecule has 1 N–H and O–H groups in total. The van der Waals surface area contributed by atoms with Crippen LogP contribution in [0.3, 0.4) is 0 Å². The second-order valence-corrected chi connectivity index (χ2v) is 22.4. The number of hydrogen-bond acceptors (Lipinski definition) is 1. The van der Waals surface area contributed by atoms with Crippen molar-refractivity contribution in [3.8, 4) is 0 Å². The number of hydrogen-bond donors (Lipinski definition) is 1. The van der Waals surface area contributed by atoms with Gasteiger partial charge in [-0.15, -0.1) is 0 Å². The second kappa shape index (κ2) is 5.02. The Morgan fingerprint density at radius 2 is 1.17 bits per heavy atom. The zero-order valence-corrected chi connectivity index (χ0v) is 12.0. The van der Waals surface area contributed by atoms with Gasteiger partial charge < -0.3 is 0 Å². The average Bonchev–Trinajstić information content (AvgIpc) is 1.86. The first-order chi connectivity index (χ1) is 5.46. The Kier molecular flexibility index (Phi) is 5.44. The van der Waals surface area contributed by atoms with Gasteiger partial charge in [0, 0.05) is 0 Å². The molecule has 3 heteroatoms. The molecule has 0 aromatic heterocycles. The van der Waals surface area contributed by atoms with Crippen molar-refractivity contribution < 1.29 is 4.10 Å². The summed E-state index contributed by atoms with van der Waals surface area (Å²) >= 11 is 3.70. The summed E-state index contributed by atoms with van der Waals surface area (Å²) in [5.74, 6) is 0. The molecule has 76 valence electrons. The van der Waals surface area contributed by atoms with Crippen LogP contribution in [0.2, 0.25) is 15.6 Å². The van der Waals surface area contributed by atoms with E-state index in [2.05, 4.69) is 34.7 Å². The molecule has 0 bridgehead atoms. The Balaban J connectivity index is 4.31. The summed E-state index contributed by atoms with van der Waals surface area (Å²) in [5, 5.41) is 3.08. The van der Waals surface area contributed by atoms with Crippen molar-refractivity contribution in [2.45, 2.75) is 55.7 Å². The van der Waals surface area contributed by atoms with E-state index in [1.165, 1.54) is 0 Å². The van der Waals surface area contributed by atoms with Gasteiger partial charge in [-0.1, -0.05) is 0 Å². The van der Waals surface area contributed by atoms with Crippen molar-refractivity contribution in [1.29, 1.82) is 0 Å². The monoisotopic (exact) mass is 300 g/mol. The zero-order chi connectivity index (χ0) is 9.69. The van der Waals surface area contributed by atoms with Crippen LogP contribution in [0.5, 0.6) is 0 Å². The molecule has 0 aliphatic rings. The van der Waals surface area contributed by atoms with E-state index >= 15 is 0 Å². The fraction of sp³-hybridized carbons (Fsp3) is 1.00. The molecule has 0 rings (SSSR count). The Bertz CT molecular complexity index is 113. The Labute approximate surface area is 84.5 Å². The molecule has 0 heterocycles. The molecule has 0 fully saturated rings. The van der Waals surface area contributed by atoms with E-state index in [1.54, 1.807) is 0 Å². The van der Waals surface area contributed by atoms with Crippen LogP contribution < -0.4 is 0 Å². The van der Waals surface area contributed by atoms with Crippen LogP contribution in [0.15, 0.2) is 0 Å². The fourth-order valence-electron chi connectivity index (χ4n) is 1.84. The SMILES string of the molecule is CCC[As](O)(Br)(CCC)CCC. The van der Waals surface area contributed by atoms with Gasteiger partial charge in [-0.05, 0) is 0 Å². The first-order valence-electron chi connectivity index (χ1n) is 4.94. The van der Waals surface area contributed by atoms with Gasteiger partial charge in [0.25, 0.3) is 0 Å². The second-order valence-electron chi connectivity index (χ2n) is 3.70. The van der Waals surface area contributed by atoms with Crippen LogP contribution in [0.4, 0.5) is 0 Å². The van der Waals surface area contributed by atoms with Gasteiger partial charge in [0.1, 0.15) is 0 Å². The molecule has 0 aliphatic carbocycles. The molecule has 0 amide bonds. The predicted molar refractivity (Wildman–Crippen MR) is 62.2 cm³/mol. The maximum atomic E-state index is 10.6. The molecular formula is C9H22AsBrO. The molecule has 0 aromatic carbocycles. The molecule has 0 saturated heterocycles. The Morgan fingerprint density at radius 1 is 0.917 bits per heavy atom. The van der Waals surface area contributed by atoms with Gasteiger partial charge >= 0.3 is 84.6 Å². The minimum atomic E-state index is -2.94. The average molecular weight is 301 g/mol. The summed E-state index contributed by atoms with van der Waals surface area (Å²) in [6.07, 6.45) is 3.31. The predicted octanol–water partition coefficient (Wildman–Crippen LogP) is 4.00. The van der Waals surface area contributed by atoms with E-state index in [0.717, 1.165) is 34.9 Å². The molecule has 0 aliphatic heterocycles. The quantitative estimate of drug-likeness (QED) is 0.735. The van der Waals surface area contributed by atoms with E-state index in [4.69, 9.17) is 0 Å². The van der Waals surface area contributed by atoms with Crippen molar-refractivity contribution >= 4 is 24.9 Å². The molecule has 12 heavy (non-hydrogen) atoms. The first kappa shape index (κ1) is 13.0. The summed E-state index contributed by atoms with van der Waals surface area (Å²) in [6.45, 7) is 6.47. The summed E-state index contributed by atoms with van der Waals surface area (Å²) < 4.78 is 10.6. The Morgan fingerprint density at radius 3 is 1.33 bits per heavy atom. The normalized spacial score (nSPS) is 15.6. The van der Waals surface area contributed by atoms with Crippen molar-refractivity contribution in [2.24, 2.45) is 0 Å². The third kappa shape index (κ3) is 4.30. The van der Waals surface area contributed by atoms with Crippen LogP contribution in [0.25, 0.3) is 0 Å². The first-order valence-corrected chi connectivity index (χ1v) is 14.2. The molecule has 0 aromatic rings. The molecular weight excluding hydrogens is 279 g/mol. The van der Waals surface area contributed by atoms with Gasteiger partial charge in [0.05, 0.1) is 0 Å². The van der Waals surface area contributed by atoms with Gasteiger partial charge in [-0.3, -0.25) is 0 Å². The molecule has 0 atom stereocenters. The van der Waals surface area contributed by atoms with Gasteiger partial charge in [-0.25, -0.2) is 0 Å². The summed E-state index contributed by atoms with van der Waals surface area (Å²) in [6, 6.07) is 0. The third-order valence-corrected chi connectivity index (χ3v) is 16.8. The van der Waals surface area contributed by atoms with Crippen molar-refractivity contribution in [3.63, 3.8) is 0 Å². The van der Waals surface area contributed by atoms with E-state index in [-0.39, 0.29) is 0 Å². The Hall–Kier alpha value is 0.998. The maximum absolute atomic E-state index is 10.6. The van der Waals surface area contributed by atoms with Gasteiger partial charge in [-0.2, -0.15) is 0 Å².